The molecule has 2 aromatic rings. The van der Waals surface area contributed by atoms with Gasteiger partial charge in [0.05, 0.1) is 20.3 Å². The first-order valence-electron chi connectivity index (χ1n) is 9.31. The molecule has 2 aromatic carbocycles. The Hall–Kier alpha value is -1.70. The summed E-state index contributed by atoms with van der Waals surface area (Å²) >= 11 is 1.80. The monoisotopic (exact) mass is 464 g/mol. The van der Waals surface area contributed by atoms with Crippen molar-refractivity contribution >= 4 is 22.6 Å². The van der Waals surface area contributed by atoms with E-state index < -0.39 is 5.72 Å². The first-order valence-corrected chi connectivity index (χ1v) is 10.3. The van der Waals surface area contributed by atoms with Crippen LogP contribution in [0.5, 0.6) is 11.5 Å². The van der Waals surface area contributed by atoms with Gasteiger partial charge in [0, 0.05) is 11.3 Å². The van der Waals surface area contributed by atoms with Crippen LogP contribution in [0.2, 0.25) is 0 Å². The number of methoxy groups -OCH3 is 1. The lowest BCUT2D eigenvalue weighted by atomic mass is 10.0. The van der Waals surface area contributed by atoms with Crippen LogP contribution in [0.1, 0.15) is 18.9 Å². The first kappa shape index (κ1) is 21.0. The summed E-state index contributed by atoms with van der Waals surface area (Å²) in [6.45, 7) is 3.90. The summed E-state index contributed by atoms with van der Waals surface area (Å²) < 4.78 is 13.3. The number of β-amino-alcohol motifs (C(OH)–C–C–N with tert-alkyl or cyclic N) is 1. The fourth-order valence-electron chi connectivity index (χ4n) is 3.75. The standard InChI is InChI=1S/C21H25N2O3S.BrH/c1-3-26-19-8-5-4-7-18(19)22-15-21(24,23-13-6-14-27-20(22)23)16-9-11-17(25-2)12-10-16;/h4-5,7-12,24H,3,6,13-15H2,1-2H3;1H/q+1;/p-1. The molecule has 4 rings (SSSR count). The molecule has 150 valence electrons. The number of anilines is 1. The number of rotatable bonds is 5. The van der Waals surface area contributed by atoms with Gasteiger partial charge >= 0.3 is 5.17 Å². The highest BCUT2D eigenvalue weighted by molar-refractivity contribution is 8.13. The largest absolute Gasteiger partial charge is 1.00 e. The molecule has 0 aromatic heterocycles. The zero-order valence-corrected chi connectivity index (χ0v) is 18.5. The normalized spacial score (nSPS) is 21.2. The highest BCUT2D eigenvalue weighted by Gasteiger charge is 2.53. The van der Waals surface area contributed by atoms with E-state index in [0.717, 1.165) is 46.6 Å². The summed E-state index contributed by atoms with van der Waals surface area (Å²) in [4.78, 5) is 2.19. The van der Waals surface area contributed by atoms with Crippen molar-refractivity contribution in [1.82, 2.24) is 0 Å². The molecule has 2 aliphatic heterocycles. The summed E-state index contributed by atoms with van der Waals surface area (Å²) in [5, 5.41) is 12.8. The molecule has 0 spiro atoms. The Morgan fingerprint density at radius 3 is 2.64 bits per heavy atom. The maximum atomic E-state index is 11.7. The van der Waals surface area contributed by atoms with E-state index in [2.05, 4.69) is 15.5 Å². The van der Waals surface area contributed by atoms with Crippen molar-refractivity contribution in [1.29, 1.82) is 0 Å². The van der Waals surface area contributed by atoms with E-state index >= 15 is 0 Å². The second-order valence-electron chi connectivity index (χ2n) is 6.67. The molecule has 2 heterocycles. The van der Waals surface area contributed by atoms with Gasteiger partial charge in [-0.2, -0.15) is 0 Å². The summed E-state index contributed by atoms with van der Waals surface area (Å²) in [6.07, 6.45) is 1.05. The van der Waals surface area contributed by atoms with Gasteiger partial charge in [-0.1, -0.05) is 12.1 Å². The van der Waals surface area contributed by atoms with Gasteiger partial charge in [0.15, 0.2) is 18.0 Å². The van der Waals surface area contributed by atoms with Crippen molar-refractivity contribution in [2.45, 2.75) is 19.1 Å². The molecule has 0 bridgehead atoms. The molecular weight excluding hydrogens is 440 g/mol. The minimum Gasteiger partial charge on any atom is -1.00 e. The van der Waals surface area contributed by atoms with Crippen molar-refractivity contribution in [2.24, 2.45) is 0 Å². The molecule has 0 fully saturated rings. The van der Waals surface area contributed by atoms with E-state index in [1.807, 2.05) is 49.4 Å². The molecule has 2 aliphatic rings. The van der Waals surface area contributed by atoms with Crippen LogP contribution >= 0.6 is 11.8 Å². The molecule has 28 heavy (non-hydrogen) atoms. The maximum Gasteiger partial charge on any atom is 0.316 e. The molecule has 0 saturated carbocycles. The molecule has 1 unspecified atom stereocenters. The van der Waals surface area contributed by atoms with Crippen LogP contribution in [0.4, 0.5) is 5.69 Å². The molecule has 0 aliphatic carbocycles. The number of benzene rings is 2. The lowest BCUT2D eigenvalue weighted by molar-refractivity contribution is -0.656. The minimum absolute atomic E-state index is 0. The van der Waals surface area contributed by atoms with Crippen molar-refractivity contribution < 1.29 is 36.1 Å². The van der Waals surface area contributed by atoms with Crippen LogP contribution in [0.25, 0.3) is 0 Å². The average molecular weight is 465 g/mol. The number of hydrogen-bond acceptors (Lipinski definition) is 5. The third-order valence-electron chi connectivity index (χ3n) is 5.05. The number of ether oxygens (including phenoxy) is 2. The highest BCUT2D eigenvalue weighted by Crippen LogP contribution is 2.40. The number of aliphatic hydroxyl groups is 1. The Bertz CT molecular complexity index is 859. The zero-order chi connectivity index (χ0) is 18.9. The third kappa shape index (κ3) is 3.63. The predicted octanol–water partition coefficient (Wildman–Crippen LogP) is 0.269. The van der Waals surface area contributed by atoms with E-state index in [4.69, 9.17) is 9.47 Å². The van der Waals surface area contributed by atoms with E-state index in [0.29, 0.717) is 13.2 Å². The fraction of sp³-hybridized carbons (Fsp3) is 0.381. The second-order valence-corrected chi connectivity index (χ2v) is 7.73. The second kappa shape index (κ2) is 8.76. The summed E-state index contributed by atoms with van der Waals surface area (Å²) in [7, 11) is 1.65. The highest BCUT2D eigenvalue weighted by atomic mass is 79.9. The Morgan fingerprint density at radius 1 is 1.18 bits per heavy atom. The summed E-state index contributed by atoms with van der Waals surface area (Å²) in [6, 6.07) is 15.8. The predicted molar refractivity (Wildman–Crippen MR) is 109 cm³/mol. The van der Waals surface area contributed by atoms with Crippen molar-refractivity contribution in [3.8, 4) is 11.5 Å². The first-order chi connectivity index (χ1) is 13.2. The van der Waals surface area contributed by atoms with Crippen molar-refractivity contribution in [2.75, 3.05) is 37.5 Å². The Balaban J connectivity index is 0.00000225. The molecule has 7 heteroatoms. The van der Waals surface area contributed by atoms with Crippen LogP contribution in [0.3, 0.4) is 0 Å². The summed E-state index contributed by atoms with van der Waals surface area (Å²) in [5.41, 5.74) is 0.798. The summed E-state index contributed by atoms with van der Waals surface area (Å²) in [5.74, 6) is 2.69. The molecule has 0 amide bonds. The third-order valence-corrected chi connectivity index (χ3v) is 6.24. The SMILES string of the molecule is CCOc1ccccc1N1CC(O)(c2ccc(OC)cc2)[N+]2=C1SCCC2.[Br-]. The molecule has 1 atom stereocenters. The van der Waals surface area contributed by atoms with Crippen LogP contribution in [0.15, 0.2) is 48.5 Å². The fourth-order valence-corrected chi connectivity index (χ4v) is 4.92. The topological polar surface area (TPSA) is 44.9 Å². The molecule has 1 N–H and O–H groups in total. The van der Waals surface area contributed by atoms with Crippen molar-refractivity contribution in [3.63, 3.8) is 0 Å². The quantitative estimate of drug-likeness (QED) is 0.643. The van der Waals surface area contributed by atoms with Crippen LogP contribution in [-0.4, -0.2) is 47.4 Å². The molecule has 0 radical (unpaired) electrons. The van der Waals surface area contributed by atoms with E-state index in [-0.39, 0.29) is 17.0 Å². The number of amidine groups is 1. The lowest BCUT2D eigenvalue weighted by Crippen LogP contribution is -3.00. The van der Waals surface area contributed by atoms with Crippen molar-refractivity contribution in [3.05, 3.63) is 54.1 Å². The van der Waals surface area contributed by atoms with Gasteiger partial charge in [0.25, 0.3) is 5.72 Å². The van der Waals surface area contributed by atoms with E-state index in [1.54, 1.807) is 18.9 Å². The number of thioether (sulfide) groups is 1. The lowest BCUT2D eigenvalue weighted by Gasteiger charge is -2.24. The van der Waals surface area contributed by atoms with Gasteiger partial charge in [-0.25, -0.2) is 9.48 Å². The van der Waals surface area contributed by atoms with E-state index in [1.165, 1.54) is 0 Å². The smallest absolute Gasteiger partial charge is 0.316 e. The van der Waals surface area contributed by atoms with Gasteiger partial charge in [-0.3, -0.25) is 0 Å². The van der Waals surface area contributed by atoms with Gasteiger partial charge in [0.1, 0.15) is 5.75 Å². The minimum atomic E-state index is -1.08. The number of para-hydroxylation sites is 2. The Kier molecular flexibility index (Phi) is 6.58. The molecule has 0 saturated heterocycles. The van der Waals surface area contributed by atoms with Gasteiger partial charge in [-0.05, 0) is 61.5 Å². The van der Waals surface area contributed by atoms with Gasteiger partial charge in [-0.15, -0.1) is 0 Å². The number of halogens is 1. The molecule has 5 nitrogen and oxygen atoms in total. The van der Waals surface area contributed by atoms with Crippen LogP contribution in [0, 0.1) is 0 Å². The average Bonchev–Trinajstić information content (AvgIpc) is 3.03. The van der Waals surface area contributed by atoms with Crippen LogP contribution < -0.4 is 31.4 Å². The molecular formula is C21H25BrN2O3S. The van der Waals surface area contributed by atoms with Gasteiger partial charge in [0.2, 0.25) is 0 Å². The number of nitrogens with zero attached hydrogens (tertiary/aromatic N) is 2. The Labute approximate surface area is 180 Å². The zero-order valence-electron chi connectivity index (χ0n) is 16.1. The van der Waals surface area contributed by atoms with Gasteiger partial charge < -0.3 is 31.6 Å². The maximum absolute atomic E-state index is 11.7. The van der Waals surface area contributed by atoms with Crippen LogP contribution in [-0.2, 0) is 5.72 Å². The Morgan fingerprint density at radius 2 is 1.93 bits per heavy atom. The number of hydrogen-bond donors (Lipinski definition) is 1. The van der Waals surface area contributed by atoms with E-state index in [9.17, 15) is 5.11 Å².